The second-order valence-corrected chi connectivity index (χ2v) is 8.72. The Bertz CT molecular complexity index is 999. The lowest BCUT2D eigenvalue weighted by molar-refractivity contribution is -0.119. The van der Waals surface area contributed by atoms with Gasteiger partial charge in [-0.15, -0.1) is 14.6 Å². The zero-order chi connectivity index (χ0) is 18.3. The highest BCUT2D eigenvalue weighted by Gasteiger charge is 2.39. The summed E-state index contributed by atoms with van der Waals surface area (Å²) >= 11 is 1.34. The maximum atomic E-state index is 12.7. The Morgan fingerprint density at radius 2 is 2.15 bits per heavy atom. The number of amides is 1. The van der Waals surface area contributed by atoms with Gasteiger partial charge in [0.25, 0.3) is 10.0 Å². The summed E-state index contributed by atoms with van der Waals surface area (Å²) in [6, 6.07) is 6.23. The van der Waals surface area contributed by atoms with Crippen LogP contribution in [-0.2, 0) is 21.2 Å². The minimum atomic E-state index is -3.71. The van der Waals surface area contributed by atoms with Crippen LogP contribution in [0.4, 0.5) is 5.13 Å². The zero-order valence-electron chi connectivity index (χ0n) is 14.0. The predicted octanol–water partition coefficient (Wildman–Crippen LogP) is 1.65. The Hall–Kier alpha value is -2.33. The average Bonchev–Trinajstić information content (AvgIpc) is 3.33. The van der Waals surface area contributed by atoms with Crippen LogP contribution in [-0.4, -0.2) is 47.8 Å². The molecule has 1 atom stereocenters. The van der Waals surface area contributed by atoms with Gasteiger partial charge in [-0.05, 0) is 31.4 Å². The van der Waals surface area contributed by atoms with E-state index in [9.17, 15) is 13.2 Å². The van der Waals surface area contributed by atoms with Crippen LogP contribution in [0, 0.1) is 0 Å². The standard InChI is InChI=1S/C16H17N5O3S2/c1-2-13-18-19-16(25-13)17-15(22)11-7-5-9-21(11)14-10-6-3-4-8-12(10)26(23,24)20-14/h3-4,6,8,11H,2,5,7,9H2,1H3,(H,17,19,22)/t11-/m0/s1. The number of nitrogens with one attached hydrogen (secondary N) is 1. The number of carbonyl (C=O) groups excluding carboxylic acids is 1. The number of anilines is 1. The predicted molar refractivity (Wildman–Crippen MR) is 97.8 cm³/mol. The van der Waals surface area contributed by atoms with Crippen molar-refractivity contribution in [2.24, 2.45) is 4.40 Å². The van der Waals surface area contributed by atoms with Crippen molar-refractivity contribution in [1.29, 1.82) is 0 Å². The monoisotopic (exact) mass is 391 g/mol. The highest BCUT2D eigenvalue weighted by Crippen LogP contribution is 2.31. The molecule has 2 aliphatic rings. The lowest BCUT2D eigenvalue weighted by atomic mass is 10.1. The smallest absolute Gasteiger partial charge is 0.285 e. The normalized spacial score (nSPS) is 20.7. The second-order valence-electron chi connectivity index (χ2n) is 6.08. The third-order valence-corrected chi connectivity index (χ3v) is 6.75. The molecule has 0 saturated carbocycles. The highest BCUT2D eigenvalue weighted by molar-refractivity contribution is 7.90. The molecule has 136 valence electrons. The van der Waals surface area contributed by atoms with Gasteiger partial charge in [-0.25, -0.2) is 0 Å². The number of sulfonamides is 1. The Morgan fingerprint density at radius 3 is 2.92 bits per heavy atom. The van der Waals surface area contributed by atoms with Crippen molar-refractivity contribution in [1.82, 2.24) is 15.1 Å². The Balaban J connectivity index is 1.60. The topological polar surface area (TPSA) is 105 Å². The number of fused-ring (bicyclic) bond motifs is 1. The first-order valence-corrected chi connectivity index (χ1v) is 10.6. The Morgan fingerprint density at radius 1 is 1.35 bits per heavy atom. The molecule has 0 radical (unpaired) electrons. The van der Waals surface area contributed by atoms with Crippen LogP contribution in [0.2, 0.25) is 0 Å². The van der Waals surface area contributed by atoms with Gasteiger partial charge in [0.05, 0.1) is 0 Å². The maximum absolute atomic E-state index is 12.7. The summed E-state index contributed by atoms with van der Waals surface area (Å²) in [7, 11) is -3.71. The molecule has 1 fully saturated rings. The maximum Gasteiger partial charge on any atom is 0.285 e. The minimum absolute atomic E-state index is 0.192. The van der Waals surface area contributed by atoms with Crippen molar-refractivity contribution in [2.75, 3.05) is 11.9 Å². The van der Waals surface area contributed by atoms with Crippen LogP contribution in [0.3, 0.4) is 0 Å². The van der Waals surface area contributed by atoms with Gasteiger partial charge < -0.3 is 4.90 Å². The number of likely N-dealkylation sites (tertiary alicyclic amines) is 1. The summed E-state index contributed by atoms with van der Waals surface area (Å²) < 4.78 is 28.5. The van der Waals surface area contributed by atoms with E-state index in [1.807, 2.05) is 6.92 Å². The number of carbonyl (C=O) groups is 1. The molecular formula is C16H17N5O3S2. The minimum Gasteiger partial charge on any atom is -0.343 e. The molecular weight excluding hydrogens is 374 g/mol. The largest absolute Gasteiger partial charge is 0.343 e. The third kappa shape index (κ3) is 2.88. The van der Waals surface area contributed by atoms with E-state index in [0.29, 0.717) is 29.5 Å². The van der Waals surface area contributed by atoms with E-state index in [1.54, 1.807) is 29.2 Å². The molecule has 2 aromatic rings. The molecule has 1 aromatic heterocycles. The number of benzene rings is 1. The van der Waals surface area contributed by atoms with Crippen LogP contribution in [0.25, 0.3) is 0 Å². The fourth-order valence-corrected chi connectivity index (χ4v) is 5.12. The molecule has 1 amide bonds. The summed E-state index contributed by atoms with van der Waals surface area (Å²) in [6.45, 7) is 2.55. The van der Waals surface area contributed by atoms with E-state index in [1.165, 1.54) is 11.3 Å². The van der Waals surface area contributed by atoms with Gasteiger partial charge >= 0.3 is 0 Å². The van der Waals surface area contributed by atoms with Gasteiger partial charge in [0.15, 0.2) is 5.84 Å². The fraction of sp³-hybridized carbons (Fsp3) is 0.375. The van der Waals surface area contributed by atoms with Gasteiger partial charge in [-0.3, -0.25) is 10.1 Å². The van der Waals surface area contributed by atoms with E-state index in [0.717, 1.165) is 17.8 Å². The molecule has 26 heavy (non-hydrogen) atoms. The van der Waals surface area contributed by atoms with Crippen LogP contribution in [0.1, 0.15) is 30.3 Å². The molecule has 0 aliphatic carbocycles. The summed E-state index contributed by atoms with van der Waals surface area (Å²) in [5, 5.41) is 12.1. The van der Waals surface area contributed by atoms with Crippen molar-refractivity contribution in [3.8, 4) is 0 Å². The molecule has 2 aliphatic heterocycles. The molecule has 0 unspecified atom stereocenters. The lowest BCUT2D eigenvalue weighted by Gasteiger charge is -2.25. The number of aryl methyl sites for hydroxylation is 1. The average molecular weight is 391 g/mol. The molecule has 4 rings (SSSR count). The zero-order valence-corrected chi connectivity index (χ0v) is 15.7. The van der Waals surface area contributed by atoms with E-state index in [-0.39, 0.29) is 10.8 Å². The van der Waals surface area contributed by atoms with E-state index < -0.39 is 16.1 Å². The second kappa shape index (κ2) is 6.44. The molecule has 0 spiro atoms. The third-order valence-electron chi connectivity index (χ3n) is 4.44. The molecule has 10 heteroatoms. The number of rotatable bonds is 3. The van der Waals surface area contributed by atoms with Gasteiger partial charge in [0.2, 0.25) is 11.0 Å². The number of aromatic nitrogens is 2. The van der Waals surface area contributed by atoms with Gasteiger partial charge in [-0.2, -0.15) is 8.42 Å². The SMILES string of the molecule is CCc1nnc(NC(=O)[C@@H]2CCCN2C2=NS(=O)(=O)c3ccccc32)s1. The Kier molecular flexibility index (Phi) is 4.23. The van der Waals surface area contributed by atoms with Gasteiger partial charge in [-0.1, -0.05) is 30.4 Å². The first-order valence-electron chi connectivity index (χ1n) is 8.34. The number of hydrogen-bond acceptors (Lipinski definition) is 7. The van der Waals surface area contributed by atoms with Crippen molar-refractivity contribution >= 4 is 38.2 Å². The van der Waals surface area contributed by atoms with Gasteiger partial charge in [0.1, 0.15) is 15.9 Å². The lowest BCUT2D eigenvalue weighted by Crippen LogP contribution is -2.43. The van der Waals surface area contributed by atoms with E-state index in [4.69, 9.17) is 0 Å². The number of amidine groups is 1. The molecule has 1 saturated heterocycles. The van der Waals surface area contributed by atoms with Crippen LogP contribution in [0.5, 0.6) is 0 Å². The highest BCUT2D eigenvalue weighted by atomic mass is 32.2. The summed E-state index contributed by atoms with van der Waals surface area (Å²) in [4.78, 5) is 14.7. The molecule has 0 bridgehead atoms. The van der Waals surface area contributed by atoms with Crippen LogP contribution >= 0.6 is 11.3 Å². The molecule has 8 nitrogen and oxygen atoms in total. The van der Waals surface area contributed by atoms with Crippen molar-refractivity contribution in [2.45, 2.75) is 37.1 Å². The summed E-state index contributed by atoms with van der Waals surface area (Å²) in [5.74, 6) is 0.135. The van der Waals surface area contributed by atoms with Crippen molar-refractivity contribution in [3.63, 3.8) is 0 Å². The van der Waals surface area contributed by atoms with Crippen LogP contribution < -0.4 is 5.32 Å². The summed E-state index contributed by atoms with van der Waals surface area (Å²) in [5.41, 5.74) is 0.552. The molecule has 3 heterocycles. The first kappa shape index (κ1) is 17.1. The van der Waals surface area contributed by atoms with Crippen LogP contribution in [0.15, 0.2) is 33.6 Å². The van der Waals surface area contributed by atoms with E-state index in [2.05, 4.69) is 19.9 Å². The van der Waals surface area contributed by atoms with Crippen molar-refractivity contribution < 1.29 is 13.2 Å². The number of hydrogen-bond donors (Lipinski definition) is 1. The Labute approximate surface area is 155 Å². The van der Waals surface area contributed by atoms with Crippen molar-refractivity contribution in [3.05, 3.63) is 34.8 Å². The molecule has 1 aromatic carbocycles. The first-order chi connectivity index (χ1) is 12.5. The fourth-order valence-electron chi connectivity index (χ4n) is 3.22. The quantitative estimate of drug-likeness (QED) is 0.853. The van der Waals surface area contributed by atoms with Gasteiger partial charge in [0, 0.05) is 12.1 Å². The molecule has 1 N–H and O–H groups in total. The van der Waals surface area contributed by atoms with E-state index >= 15 is 0 Å². The number of nitrogens with zero attached hydrogens (tertiary/aromatic N) is 4. The summed E-state index contributed by atoms with van der Waals surface area (Å²) in [6.07, 6.45) is 2.18.